The van der Waals surface area contributed by atoms with Crippen LogP contribution in [-0.4, -0.2) is 69.9 Å². The maximum absolute atomic E-state index is 12.9. The largest absolute Gasteiger partial charge is 0.462 e. The molecule has 4 rings (SSSR count). The van der Waals surface area contributed by atoms with Crippen LogP contribution < -0.4 is 31.1 Å². The summed E-state index contributed by atoms with van der Waals surface area (Å²) in [5, 5.41) is 5.33. The fraction of sp³-hybridized carbons (Fsp3) is 0.250. The second-order valence-corrected chi connectivity index (χ2v) is 14.5. The molecular formula is C32H34N8O8S4. The van der Waals surface area contributed by atoms with E-state index in [1.807, 2.05) is 0 Å². The molecule has 52 heavy (non-hydrogen) atoms. The molecule has 16 nitrogen and oxygen atoms in total. The Hall–Kier alpha value is -5.18. The number of hydrogen-bond acceptors (Lipinski definition) is 12. The number of rotatable bonds is 13. The molecule has 2 aromatic carbocycles. The van der Waals surface area contributed by atoms with Crippen LogP contribution in [0.15, 0.2) is 70.6 Å². The number of amides is 6. The van der Waals surface area contributed by atoms with E-state index in [0.717, 1.165) is 44.3 Å². The van der Waals surface area contributed by atoms with Crippen LogP contribution in [0.2, 0.25) is 0 Å². The van der Waals surface area contributed by atoms with Gasteiger partial charge in [-0.2, -0.15) is 9.98 Å². The zero-order chi connectivity index (χ0) is 37.6. The van der Waals surface area contributed by atoms with Crippen LogP contribution in [-0.2, 0) is 19.1 Å². The van der Waals surface area contributed by atoms with Crippen molar-refractivity contribution >= 4 is 91.5 Å². The molecule has 0 bridgehead atoms. The topological polar surface area (TPSA) is 204 Å². The predicted molar refractivity (Wildman–Crippen MR) is 202 cm³/mol. The first-order valence-corrected chi connectivity index (χ1v) is 19.6. The van der Waals surface area contributed by atoms with E-state index >= 15 is 0 Å². The molecule has 2 heterocycles. The van der Waals surface area contributed by atoms with E-state index in [4.69, 9.17) is 9.47 Å². The van der Waals surface area contributed by atoms with Gasteiger partial charge in [0, 0.05) is 11.4 Å². The van der Waals surface area contributed by atoms with E-state index in [1.54, 1.807) is 88.4 Å². The average Bonchev–Trinajstić information content (AvgIpc) is 3.58. The Labute approximate surface area is 313 Å². The monoisotopic (exact) mass is 786 g/mol. The standard InChI is InChI=1S/C32H34N8O8S4/c1-5-47-27(43)25-19(3)39(37-29(45)33-21-13-9-7-10-14-21)31(51-25)35-23(41)17-49-50-18-24(42)36-32-40(20(4)26(52-32)28(44)48-6-2)38-30(46)34-22-15-11-8-12-16-22/h7-16H,5-6,17-18H2,1-4H3,(H2,33,37,45)(H2,34,38,46). The Morgan fingerprint density at radius 1 is 0.635 bits per heavy atom. The zero-order valence-corrected chi connectivity index (χ0v) is 31.6. The fourth-order valence-electron chi connectivity index (χ4n) is 4.12. The molecule has 4 aromatic rings. The molecule has 0 fully saturated rings. The molecule has 2 aromatic heterocycles. The highest BCUT2D eigenvalue weighted by Gasteiger charge is 2.22. The van der Waals surface area contributed by atoms with Crippen LogP contribution in [0, 0.1) is 13.8 Å². The van der Waals surface area contributed by atoms with Crippen LogP contribution in [0.3, 0.4) is 0 Å². The van der Waals surface area contributed by atoms with Crippen molar-refractivity contribution in [1.29, 1.82) is 0 Å². The number of carbonyl (C=O) groups is 6. The molecule has 0 saturated carbocycles. The summed E-state index contributed by atoms with van der Waals surface area (Å²) in [6.45, 7) is 6.72. The molecule has 0 radical (unpaired) electrons. The van der Waals surface area contributed by atoms with Gasteiger partial charge in [-0.3, -0.25) is 9.59 Å². The minimum atomic E-state index is -0.632. The molecule has 0 spiro atoms. The van der Waals surface area contributed by atoms with Crippen molar-refractivity contribution in [3.63, 3.8) is 0 Å². The Morgan fingerprint density at radius 3 is 1.35 bits per heavy atom. The van der Waals surface area contributed by atoms with Gasteiger partial charge in [-0.15, -0.1) is 0 Å². The molecule has 0 aliphatic rings. The van der Waals surface area contributed by atoms with Crippen molar-refractivity contribution < 1.29 is 38.2 Å². The number of esters is 2. The molecule has 274 valence electrons. The van der Waals surface area contributed by atoms with E-state index in [2.05, 4.69) is 31.5 Å². The lowest BCUT2D eigenvalue weighted by atomic mass is 10.3. The van der Waals surface area contributed by atoms with Gasteiger partial charge in [0.1, 0.15) is 9.75 Å². The summed E-state index contributed by atoms with van der Waals surface area (Å²) in [6.07, 6.45) is 0. The Kier molecular flexibility index (Phi) is 14.8. The highest BCUT2D eigenvalue weighted by atomic mass is 33.1. The molecule has 0 aliphatic carbocycles. The average molecular weight is 787 g/mol. The zero-order valence-electron chi connectivity index (χ0n) is 28.3. The van der Waals surface area contributed by atoms with Gasteiger partial charge < -0.3 is 20.1 Å². The third-order valence-corrected chi connectivity index (χ3v) is 10.7. The summed E-state index contributed by atoms with van der Waals surface area (Å²) in [6, 6.07) is 16.1. The number of anilines is 2. The summed E-state index contributed by atoms with van der Waals surface area (Å²) in [4.78, 5) is 84.9. The highest BCUT2D eigenvalue weighted by Crippen LogP contribution is 2.22. The second kappa shape index (κ2) is 19.4. The number of ether oxygens (including phenoxy) is 2. The summed E-state index contributed by atoms with van der Waals surface area (Å²) in [7, 11) is 2.08. The number of urea groups is 2. The van der Waals surface area contributed by atoms with Gasteiger partial charge in [0.05, 0.1) is 36.1 Å². The van der Waals surface area contributed by atoms with Gasteiger partial charge in [-0.1, -0.05) is 80.7 Å². The number of carbonyl (C=O) groups excluding carboxylic acids is 6. The van der Waals surface area contributed by atoms with Crippen LogP contribution in [0.4, 0.5) is 21.0 Å². The molecule has 0 unspecified atom stereocenters. The van der Waals surface area contributed by atoms with E-state index in [1.165, 1.54) is 9.35 Å². The molecular weight excluding hydrogens is 753 g/mol. The number of para-hydroxylation sites is 2. The molecule has 4 N–H and O–H groups in total. The van der Waals surface area contributed by atoms with Crippen molar-refractivity contribution in [2.24, 2.45) is 9.98 Å². The van der Waals surface area contributed by atoms with Crippen LogP contribution in [0.25, 0.3) is 0 Å². The summed E-state index contributed by atoms with van der Waals surface area (Å²) < 4.78 is 12.7. The van der Waals surface area contributed by atoms with Crippen LogP contribution in [0.1, 0.15) is 44.6 Å². The van der Waals surface area contributed by atoms with Crippen LogP contribution in [0.5, 0.6) is 0 Å². The molecule has 0 aliphatic heterocycles. The van der Waals surface area contributed by atoms with Gasteiger partial charge >= 0.3 is 24.0 Å². The lowest BCUT2D eigenvalue weighted by Gasteiger charge is -2.10. The van der Waals surface area contributed by atoms with Crippen LogP contribution >= 0.6 is 44.3 Å². The Balaban J connectivity index is 1.44. The van der Waals surface area contributed by atoms with Crippen molar-refractivity contribution in [2.45, 2.75) is 27.7 Å². The third kappa shape index (κ3) is 11.2. The maximum atomic E-state index is 12.9. The third-order valence-electron chi connectivity index (χ3n) is 6.40. The number of thiazole rings is 2. The second-order valence-electron chi connectivity index (χ2n) is 10.1. The quantitative estimate of drug-likeness (QED) is 0.0823. The Morgan fingerprint density at radius 2 is 1.00 bits per heavy atom. The van der Waals surface area contributed by atoms with Gasteiger partial charge in [0.2, 0.25) is 9.60 Å². The van der Waals surface area contributed by atoms with Gasteiger partial charge in [-0.25, -0.2) is 39.4 Å². The minimum Gasteiger partial charge on any atom is -0.462 e. The van der Waals surface area contributed by atoms with Crippen molar-refractivity contribution in [1.82, 2.24) is 9.35 Å². The molecule has 20 heteroatoms. The van der Waals surface area contributed by atoms with E-state index in [0.29, 0.717) is 22.8 Å². The van der Waals surface area contributed by atoms with Gasteiger partial charge in [-0.05, 0) is 52.0 Å². The number of hydrogen-bond donors (Lipinski definition) is 4. The van der Waals surface area contributed by atoms with E-state index in [9.17, 15) is 28.8 Å². The number of benzene rings is 2. The number of nitrogens with zero attached hydrogens (tertiary/aromatic N) is 4. The summed E-state index contributed by atoms with van der Waals surface area (Å²) in [5.74, 6) is -2.78. The lowest BCUT2D eigenvalue weighted by molar-refractivity contribution is -0.116. The Bertz CT molecular complexity index is 1930. The lowest BCUT2D eigenvalue weighted by Crippen LogP contribution is -2.35. The minimum absolute atomic E-state index is 0.0317. The van der Waals surface area contributed by atoms with Crippen molar-refractivity contribution in [3.8, 4) is 0 Å². The van der Waals surface area contributed by atoms with E-state index in [-0.39, 0.29) is 44.1 Å². The fourth-order valence-corrected chi connectivity index (χ4v) is 7.69. The smallest absolute Gasteiger partial charge is 0.350 e. The van der Waals surface area contributed by atoms with Crippen molar-refractivity contribution in [2.75, 3.05) is 46.2 Å². The number of aromatic nitrogens is 2. The maximum Gasteiger partial charge on any atom is 0.350 e. The van der Waals surface area contributed by atoms with Crippen molar-refractivity contribution in [3.05, 3.63) is 91.4 Å². The molecule has 0 atom stereocenters. The summed E-state index contributed by atoms with van der Waals surface area (Å²) >= 11 is 1.75. The first-order valence-electron chi connectivity index (χ1n) is 15.4. The highest BCUT2D eigenvalue weighted by molar-refractivity contribution is 8.77. The number of nitrogens with one attached hydrogen (secondary N) is 4. The SMILES string of the molecule is CCOC(=O)c1sc(=NC(=O)CSSCC(=O)N=c2sc(C(=O)OCC)c(C)n2NC(=O)Nc2ccccc2)n(NC(=O)Nc2ccccc2)c1C. The van der Waals surface area contributed by atoms with E-state index < -0.39 is 35.8 Å². The first kappa shape index (κ1) is 39.6. The van der Waals surface area contributed by atoms with Gasteiger partial charge in [0.25, 0.3) is 11.8 Å². The normalized spacial score (nSPS) is 11.5. The molecule has 0 saturated heterocycles. The predicted octanol–water partition coefficient (Wildman–Crippen LogP) is 4.87. The van der Waals surface area contributed by atoms with Gasteiger partial charge in [0.15, 0.2) is 0 Å². The molecule has 6 amide bonds. The first-order chi connectivity index (χ1) is 25.0. The summed E-state index contributed by atoms with van der Waals surface area (Å²) in [5.41, 5.74) is 6.87.